The molecule has 0 heterocycles. The SMILES string of the molecule is C=C1CCC(=CC=C2CCCC3(C)C(C(C)CCCC(C)(C)C)CCC23C)CC1O. The lowest BCUT2D eigenvalue weighted by atomic mass is 9.53. The molecule has 170 valence electrons. The second kappa shape index (κ2) is 8.97. The normalized spacial score (nSPS) is 38.8. The molecule has 30 heavy (non-hydrogen) atoms. The molecule has 1 N–H and O–H groups in total. The fourth-order valence-electron chi connectivity index (χ4n) is 7.06. The molecule has 3 rings (SSSR count). The van der Waals surface area contributed by atoms with Gasteiger partial charge in [0, 0.05) is 0 Å². The Morgan fingerprint density at radius 1 is 1.13 bits per heavy atom. The minimum absolute atomic E-state index is 0.333. The fraction of sp³-hybridized carbons (Fsp3) is 0.793. The summed E-state index contributed by atoms with van der Waals surface area (Å²) in [6, 6.07) is 0. The molecule has 0 aromatic heterocycles. The van der Waals surface area contributed by atoms with Gasteiger partial charge in [-0.05, 0) is 91.4 Å². The van der Waals surface area contributed by atoms with E-state index in [0.717, 1.165) is 36.7 Å². The largest absolute Gasteiger partial charge is 0.388 e. The molecular formula is C29H48O. The van der Waals surface area contributed by atoms with E-state index in [1.165, 1.54) is 56.9 Å². The molecule has 3 aliphatic rings. The number of fused-ring (bicyclic) bond motifs is 1. The molecule has 1 heteroatoms. The van der Waals surface area contributed by atoms with Gasteiger partial charge in [-0.25, -0.2) is 0 Å². The molecule has 0 aromatic rings. The van der Waals surface area contributed by atoms with Gasteiger partial charge in [0.05, 0.1) is 6.10 Å². The van der Waals surface area contributed by atoms with Crippen LogP contribution in [0.5, 0.6) is 0 Å². The van der Waals surface area contributed by atoms with E-state index in [4.69, 9.17) is 0 Å². The highest BCUT2D eigenvalue weighted by Crippen LogP contribution is 2.67. The monoisotopic (exact) mass is 412 g/mol. The Labute approximate surface area is 187 Å². The summed E-state index contributed by atoms with van der Waals surface area (Å²) in [4.78, 5) is 0. The van der Waals surface area contributed by atoms with Crippen LogP contribution in [0, 0.1) is 28.1 Å². The zero-order valence-corrected chi connectivity index (χ0v) is 20.8. The summed E-state index contributed by atoms with van der Waals surface area (Å²) in [5.74, 6) is 1.69. The highest BCUT2D eigenvalue weighted by Gasteiger charge is 2.57. The summed E-state index contributed by atoms with van der Waals surface area (Å²) in [5, 5.41) is 10.2. The number of hydrogen-bond donors (Lipinski definition) is 1. The first-order valence-corrected chi connectivity index (χ1v) is 12.7. The molecule has 0 aromatic carbocycles. The molecule has 1 nitrogen and oxygen atoms in total. The molecular weight excluding hydrogens is 364 g/mol. The molecule has 3 saturated carbocycles. The van der Waals surface area contributed by atoms with Gasteiger partial charge in [-0.2, -0.15) is 0 Å². The Morgan fingerprint density at radius 3 is 2.53 bits per heavy atom. The zero-order chi connectivity index (χ0) is 22.2. The Balaban J connectivity index is 1.73. The van der Waals surface area contributed by atoms with Gasteiger partial charge in [-0.1, -0.05) is 84.3 Å². The molecule has 5 atom stereocenters. The van der Waals surface area contributed by atoms with E-state index in [-0.39, 0.29) is 6.10 Å². The third kappa shape index (κ3) is 4.82. The van der Waals surface area contributed by atoms with Gasteiger partial charge < -0.3 is 5.11 Å². The molecule has 5 unspecified atom stereocenters. The summed E-state index contributed by atoms with van der Waals surface area (Å²) in [5.41, 5.74) is 5.35. The Kier molecular flexibility index (Phi) is 7.13. The van der Waals surface area contributed by atoms with Crippen molar-refractivity contribution in [3.05, 3.63) is 35.5 Å². The highest BCUT2D eigenvalue weighted by atomic mass is 16.3. The van der Waals surface area contributed by atoms with E-state index in [1.54, 1.807) is 5.57 Å². The van der Waals surface area contributed by atoms with Gasteiger partial charge in [0.25, 0.3) is 0 Å². The summed E-state index contributed by atoms with van der Waals surface area (Å²) in [7, 11) is 0. The van der Waals surface area contributed by atoms with E-state index in [1.807, 2.05) is 0 Å². The predicted molar refractivity (Wildman–Crippen MR) is 130 cm³/mol. The van der Waals surface area contributed by atoms with Crippen LogP contribution in [0.1, 0.15) is 112 Å². The lowest BCUT2D eigenvalue weighted by molar-refractivity contribution is 0.0338. The molecule has 0 bridgehead atoms. The van der Waals surface area contributed by atoms with Gasteiger partial charge in [-0.15, -0.1) is 0 Å². The van der Waals surface area contributed by atoms with Crippen LogP contribution in [-0.4, -0.2) is 11.2 Å². The van der Waals surface area contributed by atoms with Crippen molar-refractivity contribution in [3.63, 3.8) is 0 Å². The second-order valence-electron chi connectivity index (χ2n) is 12.6. The first-order chi connectivity index (χ1) is 14.0. The summed E-state index contributed by atoms with van der Waals surface area (Å²) in [6.07, 6.45) is 18.1. The lowest BCUT2D eigenvalue weighted by Crippen LogP contribution is -2.43. The molecule has 0 spiro atoms. The summed E-state index contributed by atoms with van der Waals surface area (Å²) in [6.45, 7) is 18.9. The maximum Gasteiger partial charge on any atom is 0.0784 e. The van der Waals surface area contributed by atoms with Crippen LogP contribution in [0.25, 0.3) is 0 Å². The zero-order valence-electron chi connectivity index (χ0n) is 20.8. The average Bonchev–Trinajstić information content (AvgIpc) is 2.93. The Bertz CT molecular complexity index is 690. The fourth-order valence-corrected chi connectivity index (χ4v) is 7.06. The van der Waals surface area contributed by atoms with Gasteiger partial charge >= 0.3 is 0 Å². The van der Waals surface area contributed by atoms with Crippen LogP contribution in [0.4, 0.5) is 0 Å². The number of aliphatic hydroxyl groups excluding tert-OH is 1. The van der Waals surface area contributed by atoms with Crippen LogP contribution in [0.2, 0.25) is 0 Å². The summed E-state index contributed by atoms with van der Waals surface area (Å²) < 4.78 is 0. The first-order valence-electron chi connectivity index (χ1n) is 12.7. The second-order valence-corrected chi connectivity index (χ2v) is 12.6. The Morgan fingerprint density at radius 2 is 1.87 bits per heavy atom. The molecule has 0 saturated heterocycles. The molecule has 3 fully saturated rings. The average molecular weight is 413 g/mol. The maximum absolute atomic E-state index is 10.2. The molecule has 3 aliphatic carbocycles. The van der Waals surface area contributed by atoms with Gasteiger partial charge in [-0.3, -0.25) is 0 Å². The quantitative estimate of drug-likeness (QED) is 0.449. The minimum Gasteiger partial charge on any atom is -0.388 e. The molecule has 0 aliphatic heterocycles. The summed E-state index contributed by atoms with van der Waals surface area (Å²) >= 11 is 0. The van der Waals surface area contributed by atoms with Crippen molar-refractivity contribution < 1.29 is 5.11 Å². The van der Waals surface area contributed by atoms with Crippen LogP contribution < -0.4 is 0 Å². The van der Waals surface area contributed by atoms with Crippen LogP contribution in [0.3, 0.4) is 0 Å². The number of rotatable bonds is 5. The van der Waals surface area contributed by atoms with Crippen LogP contribution in [-0.2, 0) is 0 Å². The highest BCUT2D eigenvalue weighted by molar-refractivity contribution is 5.31. The Hall–Kier alpha value is -0.820. The topological polar surface area (TPSA) is 20.2 Å². The maximum atomic E-state index is 10.2. The van der Waals surface area contributed by atoms with Crippen molar-refractivity contribution in [1.82, 2.24) is 0 Å². The standard InChI is InChI=1S/C29H48O/c1-21(10-8-17-27(3,4)5)25-16-19-28(6)24(11-9-18-29(25,28)7)15-14-23-13-12-22(2)26(30)20-23/h14-15,21,25-26,30H,2,8-13,16-20H2,1,3-7H3. The van der Waals surface area contributed by atoms with Crippen molar-refractivity contribution in [3.8, 4) is 0 Å². The smallest absolute Gasteiger partial charge is 0.0784 e. The number of hydrogen-bond acceptors (Lipinski definition) is 1. The van der Waals surface area contributed by atoms with E-state index < -0.39 is 0 Å². The lowest BCUT2D eigenvalue weighted by Gasteiger charge is -2.51. The van der Waals surface area contributed by atoms with Crippen LogP contribution >= 0.6 is 0 Å². The van der Waals surface area contributed by atoms with Gasteiger partial charge in [0.2, 0.25) is 0 Å². The van der Waals surface area contributed by atoms with E-state index in [9.17, 15) is 5.11 Å². The van der Waals surface area contributed by atoms with Crippen molar-refractivity contribution in [2.24, 2.45) is 28.1 Å². The van der Waals surface area contributed by atoms with Gasteiger partial charge in [0.1, 0.15) is 0 Å². The molecule has 0 radical (unpaired) electrons. The predicted octanol–water partition coefficient (Wildman–Crippen LogP) is 8.40. The number of aliphatic hydroxyl groups is 1. The van der Waals surface area contributed by atoms with Crippen LogP contribution in [0.15, 0.2) is 35.5 Å². The van der Waals surface area contributed by atoms with Crippen molar-refractivity contribution in [2.45, 2.75) is 118 Å². The first kappa shape index (κ1) is 23.8. The van der Waals surface area contributed by atoms with E-state index in [2.05, 4.69) is 60.3 Å². The molecule has 0 amide bonds. The third-order valence-corrected chi connectivity index (χ3v) is 9.37. The van der Waals surface area contributed by atoms with E-state index >= 15 is 0 Å². The van der Waals surface area contributed by atoms with Gasteiger partial charge in [0.15, 0.2) is 0 Å². The van der Waals surface area contributed by atoms with Crippen molar-refractivity contribution >= 4 is 0 Å². The third-order valence-electron chi connectivity index (χ3n) is 9.37. The van der Waals surface area contributed by atoms with Crippen molar-refractivity contribution in [2.75, 3.05) is 0 Å². The van der Waals surface area contributed by atoms with Crippen molar-refractivity contribution in [1.29, 1.82) is 0 Å². The number of allylic oxidation sites excluding steroid dienone is 3. The van der Waals surface area contributed by atoms with E-state index in [0.29, 0.717) is 16.2 Å². The minimum atomic E-state index is -0.333.